The molecule has 1 aromatic carbocycles. The number of pyridine rings is 1. The normalized spacial score (nSPS) is 22.7. The van der Waals surface area contributed by atoms with Gasteiger partial charge < -0.3 is 16.0 Å². The van der Waals surface area contributed by atoms with Gasteiger partial charge >= 0.3 is 0 Å². The van der Waals surface area contributed by atoms with Gasteiger partial charge in [-0.3, -0.25) is 14.3 Å². The Morgan fingerprint density at radius 2 is 2.07 bits per heavy atom. The number of amides is 2. The minimum atomic E-state index is -0.865. The van der Waals surface area contributed by atoms with E-state index in [0.717, 1.165) is 16.8 Å². The van der Waals surface area contributed by atoms with Gasteiger partial charge in [0.15, 0.2) is 0 Å². The van der Waals surface area contributed by atoms with E-state index in [0.29, 0.717) is 13.0 Å². The molecule has 8 nitrogen and oxygen atoms in total. The number of nitrogens with zero attached hydrogens (tertiary/aromatic N) is 4. The third kappa shape index (κ3) is 2.45. The largest absolute Gasteiger partial charge is 0.384 e. The van der Waals surface area contributed by atoms with Gasteiger partial charge in [-0.25, -0.2) is 4.98 Å². The Morgan fingerprint density at radius 3 is 2.83 bits per heavy atom. The molecule has 29 heavy (non-hydrogen) atoms. The van der Waals surface area contributed by atoms with E-state index in [9.17, 15) is 9.59 Å². The Bertz CT molecular complexity index is 1140. The molecule has 3 aromatic rings. The highest BCUT2D eigenvalue weighted by molar-refractivity contribution is 6.08. The summed E-state index contributed by atoms with van der Waals surface area (Å²) in [5.74, 6) is -0.0600. The van der Waals surface area contributed by atoms with Crippen LogP contribution < -0.4 is 11.1 Å². The number of fused-ring (bicyclic) bond motifs is 2. The van der Waals surface area contributed by atoms with E-state index in [1.54, 1.807) is 34.0 Å². The maximum Gasteiger partial charge on any atom is 0.273 e. The molecule has 2 amide bonds. The first-order chi connectivity index (χ1) is 14.0. The number of anilines is 2. The second-order valence-corrected chi connectivity index (χ2v) is 7.52. The molecule has 2 aromatic heterocycles. The first-order valence-corrected chi connectivity index (χ1v) is 9.44. The standard InChI is InChI=1S/C21H20N6O2/c1-26-12-13(11-23-26)18-21(14-5-2-3-6-15(14)25-20(21)29)9-10-27(18)19(28)16-7-4-8-17(22)24-16/h2-8,11-12,18H,9-10H2,1H3,(H2,22,24)(H,25,29). The topological polar surface area (TPSA) is 106 Å². The lowest BCUT2D eigenvalue weighted by Gasteiger charge is -2.33. The van der Waals surface area contributed by atoms with Crippen LogP contribution in [0.1, 0.15) is 34.1 Å². The van der Waals surface area contributed by atoms with Crippen LogP contribution in [-0.4, -0.2) is 38.0 Å². The summed E-state index contributed by atoms with van der Waals surface area (Å²) < 4.78 is 1.68. The maximum atomic E-state index is 13.4. The van der Waals surface area contributed by atoms with Crippen molar-refractivity contribution in [3.8, 4) is 0 Å². The molecule has 2 atom stereocenters. The number of nitrogens with two attached hydrogens (primary N) is 1. The van der Waals surface area contributed by atoms with Crippen LogP contribution in [0, 0.1) is 0 Å². The summed E-state index contributed by atoms with van der Waals surface area (Å²) in [6, 6.07) is 12.2. The Morgan fingerprint density at radius 1 is 1.24 bits per heavy atom. The zero-order valence-electron chi connectivity index (χ0n) is 15.9. The summed E-state index contributed by atoms with van der Waals surface area (Å²) >= 11 is 0. The molecule has 0 aliphatic carbocycles. The second-order valence-electron chi connectivity index (χ2n) is 7.52. The molecule has 0 bridgehead atoms. The Balaban J connectivity index is 1.66. The van der Waals surface area contributed by atoms with Crippen LogP contribution in [0.3, 0.4) is 0 Å². The van der Waals surface area contributed by atoms with Gasteiger partial charge in [0.25, 0.3) is 5.91 Å². The molecule has 0 radical (unpaired) electrons. The van der Waals surface area contributed by atoms with Crippen molar-refractivity contribution in [1.29, 1.82) is 0 Å². The molecule has 3 N–H and O–H groups in total. The number of likely N-dealkylation sites (tertiary alicyclic amines) is 1. The number of aryl methyl sites for hydroxylation is 1. The molecule has 146 valence electrons. The van der Waals surface area contributed by atoms with Crippen molar-refractivity contribution in [2.45, 2.75) is 17.9 Å². The maximum absolute atomic E-state index is 13.4. The SMILES string of the molecule is Cn1cc(C2N(C(=O)c3cccc(N)n3)CCC23C(=O)Nc2ccccc23)cn1. The molecular formula is C21H20N6O2. The van der Waals surface area contributed by atoms with Gasteiger partial charge in [-0.2, -0.15) is 5.10 Å². The molecular weight excluding hydrogens is 368 g/mol. The third-order valence-corrected chi connectivity index (χ3v) is 5.88. The fraction of sp³-hybridized carbons (Fsp3) is 0.238. The number of carbonyl (C=O) groups excluding carboxylic acids is 2. The lowest BCUT2D eigenvalue weighted by atomic mass is 9.73. The number of nitrogen functional groups attached to an aromatic ring is 1. The first-order valence-electron chi connectivity index (χ1n) is 9.44. The fourth-order valence-corrected chi connectivity index (χ4v) is 4.67. The van der Waals surface area contributed by atoms with Crippen molar-refractivity contribution < 1.29 is 9.59 Å². The number of hydrogen-bond donors (Lipinski definition) is 2. The molecule has 0 saturated carbocycles. The van der Waals surface area contributed by atoms with E-state index in [2.05, 4.69) is 15.4 Å². The number of carbonyl (C=O) groups is 2. The number of benzene rings is 1. The molecule has 4 heterocycles. The number of rotatable bonds is 2. The van der Waals surface area contributed by atoms with Crippen LogP contribution >= 0.6 is 0 Å². The van der Waals surface area contributed by atoms with Crippen LogP contribution in [-0.2, 0) is 17.3 Å². The van der Waals surface area contributed by atoms with Gasteiger partial charge in [-0.05, 0) is 30.2 Å². The number of aromatic nitrogens is 3. The fourth-order valence-electron chi connectivity index (χ4n) is 4.67. The molecule has 5 rings (SSSR count). The smallest absolute Gasteiger partial charge is 0.273 e. The van der Waals surface area contributed by atoms with Crippen LogP contribution in [0.15, 0.2) is 54.9 Å². The van der Waals surface area contributed by atoms with Gasteiger partial charge in [0.1, 0.15) is 16.9 Å². The quantitative estimate of drug-likeness (QED) is 0.697. The van der Waals surface area contributed by atoms with Crippen molar-refractivity contribution in [3.05, 3.63) is 71.7 Å². The van der Waals surface area contributed by atoms with E-state index in [1.165, 1.54) is 0 Å². The minimum absolute atomic E-state index is 0.0941. The molecule has 2 aliphatic rings. The summed E-state index contributed by atoms with van der Waals surface area (Å²) in [7, 11) is 1.82. The lowest BCUT2D eigenvalue weighted by molar-refractivity contribution is -0.121. The average molecular weight is 388 g/mol. The number of hydrogen-bond acceptors (Lipinski definition) is 5. The number of para-hydroxylation sites is 1. The van der Waals surface area contributed by atoms with Crippen LogP contribution in [0.5, 0.6) is 0 Å². The van der Waals surface area contributed by atoms with Crippen LogP contribution in [0.4, 0.5) is 11.5 Å². The van der Waals surface area contributed by atoms with Crippen LogP contribution in [0.2, 0.25) is 0 Å². The molecule has 2 aliphatic heterocycles. The molecule has 1 spiro atoms. The molecule has 8 heteroatoms. The third-order valence-electron chi connectivity index (χ3n) is 5.88. The second kappa shape index (κ2) is 6.16. The molecule has 2 unspecified atom stereocenters. The van der Waals surface area contributed by atoms with Gasteiger partial charge in [0.2, 0.25) is 5.91 Å². The average Bonchev–Trinajstić information content (AvgIpc) is 3.39. The highest BCUT2D eigenvalue weighted by Gasteiger charge is 2.59. The summed E-state index contributed by atoms with van der Waals surface area (Å²) in [6.07, 6.45) is 4.10. The monoisotopic (exact) mass is 388 g/mol. The van der Waals surface area contributed by atoms with Crippen molar-refractivity contribution in [1.82, 2.24) is 19.7 Å². The predicted molar refractivity (Wildman–Crippen MR) is 107 cm³/mol. The summed E-state index contributed by atoms with van der Waals surface area (Å²) in [5.41, 5.74) is 7.71. The summed E-state index contributed by atoms with van der Waals surface area (Å²) in [5, 5.41) is 7.29. The van der Waals surface area contributed by atoms with Gasteiger partial charge in [0.05, 0.1) is 12.2 Å². The highest BCUT2D eigenvalue weighted by Crippen LogP contribution is 2.54. The van der Waals surface area contributed by atoms with E-state index >= 15 is 0 Å². The van der Waals surface area contributed by atoms with E-state index < -0.39 is 11.5 Å². The lowest BCUT2D eigenvalue weighted by Crippen LogP contribution is -2.42. The zero-order chi connectivity index (χ0) is 20.2. The van der Waals surface area contributed by atoms with E-state index in [-0.39, 0.29) is 23.3 Å². The predicted octanol–water partition coefficient (Wildman–Crippen LogP) is 1.87. The summed E-state index contributed by atoms with van der Waals surface area (Å²) in [6.45, 7) is 0.427. The van der Waals surface area contributed by atoms with Crippen molar-refractivity contribution >= 4 is 23.3 Å². The van der Waals surface area contributed by atoms with E-state index in [4.69, 9.17) is 5.73 Å². The number of nitrogens with one attached hydrogen (secondary N) is 1. The first kappa shape index (κ1) is 17.4. The van der Waals surface area contributed by atoms with Crippen molar-refractivity contribution in [2.75, 3.05) is 17.6 Å². The Hall–Kier alpha value is -3.68. The molecule has 1 fully saturated rings. The summed E-state index contributed by atoms with van der Waals surface area (Å²) in [4.78, 5) is 32.6. The van der Waals surface area contributed by atoms with Gasteiger partial charge in [-0.15, -0.1) is 0 Å². The van der Waals surface area contributed by atoms with Crippen molar-refractivity contribution in [2.24, 2.45) is 7.05 Å². The van der Waals surface area contributed by atoms with Gasteiger partial charge in [-0.1, -0.05) is 24.3 Å². The van der Waals surface area contributed by atoms with Crippen LogP contribution in [0.25, 0.3) is 0 Å². The highest BCUT2D eigenvalue weighted by atomic mass is 16.2. The molecule has 1 saturated heterocycles. The van der Waals surface area contributed by atoms with Gasteiger partial charge in [0, 0.05) is 31.0 Å². The minimum Gasteiger partial charge on any atom is -0.384 e. The van der Waals surface area contributed by atoms with Crippen molar-refractivity contribution in [3.63, 3.8) is 0 Å². The zero-order valence-corrected chi connectivity index (χ0v) is 15.9. The Kier molecular flexibility index (Phi) is 3.70. The Labute approximate surface area is 167 Å². The van der Waals surface area contributed by atoms with E-state index in [1.807, 2.05) is 37.5 Å².